The van der Waals surface area contributed by atoms with Crippen LogP contribution in [0.1, 0.15) is 18.2 Å². The molecule has 0 amide bonds. The summed E-state index contributed by atoms with van der Waals surface area (Å²) < 4.78 is 26.6. The Hall–Kier alpha value is -1.82. The van der Waals surface area contributed by atoms with Crippen molar-refractivity contribution in [1.82, 2.24) is 9.71 Å². The Morgan fingerprint density at radius 1 is 1.32 bits per heavy atom. The number of nitrogens with one attached hydrogen (secondary N) is 1. The molecular weight excluding hydrogens is 440 g/mol. The van der Waals surface area contributed by atoms with E-state index in [1.807, 2.05) is 12.3 Å². The average molecular weight is 463 g/mol. The van der Waals surface area contributed by atoms with Crippen LogP contribution in [0.25, 0.3) is 0 Å². The number of nitrogens with two attached hydrogens (primary N) is 2. The van der Waals surface area contributed by atoms with Gasteiger partial charge in [-0.1, -0.05) is 19.1 Å². The smallest absolute Gasteiger partial charge is 0.262 e. The van der Waals surface area contributed by atoms with Crippen molar-refractivity contribution in [3.8, 4) is 0 Å². The number of sulfonamides is 1. The van der Waals surface area contributed by atoms with Gasteiger partial charge in [-0.05, 0) is 24.1 Å². The fraction of sp³-hybridized carbons (Fsp3) is 0.312. The van der Waals surface area contributed by atoms with Crippen LogP contribution < -0.4 is 16.2 Å². The lowest BCUT2D eigenvalue weighted by Gasteiger charge is -2.04. The lowest BCUT2D eigenvalue weighted by Crippen LogP contribution is -2.22. The molecule has 12 heteroatoms. The highest BCUT2D eigenvalue weighted by Gasteiger charge is 2.11. The number of guanidine groups is 1. The third-order valence-electron chi connectivity index (χ3n) is 3.32. The molecule has 154 valence electrons. The predicted octanol–water partition coefficient (Wildman–Crippen LogP) is 2.27. The number of benzene rings is 1. The second-order valence-electron chi connectivity index (χ2n) is 5.36. The van der Waals surface area contributed by atoms with Crippen molar-refractivity contribution in [2.45, 2.75) is 24.0 Å². The number of thiazole rings is 1. The number of hydrogen-bond acceptors (Lipinski definition) is 7. The lowest BCUT2D eigenvalue weighted by molar-refractivity contribution is 0.593. The van der Waals surface area contributed by atoms with E-state index in [0.717, 1.165) is 23.4 Å². The summed E-state index contributed by atoms with van der Waals surface area (Å²) in [5, 5.41) is 2.43. The van der Waals surface area contributed by atoms with Gasteiger partial charge in [-0.15, -0.1) is 23.7 Å². The van der Waals surface area contributed by atoms with Crippen molar-refractivity contribution in [2.24, 2.45) is 21.5 Å². The van der Waals surface area contributed by atoms with Gasteiger partial charge < -0.3 is 11.5 Å². The molecule has 0 radical (unpaired) electrons. The molecule has 0 atom stereocenters. The van der Waals surface area contributed by atoms with E-state index in [9.17, 15) is 8.42 Å². The SMILES string of the molecule is CCc1ccc(S(=O)(=O)NC=NCCSCc2csc(N=C(N)N)n2)cc1.Cl. The molecule has 0 aliphatic heterocycles. The fourth-order valence-corrected chi connectivity index (χ4v) is 4.35. The first-order chi connectivity index (χ1) is 12.9. The summed E-state index contributed by atoms with van der Waals surface area (Å²) in [4.78, 5) is 12.5. The molecule has 2 rings (SSSR count). The first-order valence-corrected chi connectivity index (χ1v) is 11.6. The Bertz CT molecular complexity index is 893. The molecule has 0 saturated heterocycles. The van der Waals surface area contributed by atoms with Gasteiger partial charge in [0.15, 0.2) is 5.96 Å². The van der Waals surface area contributed by atoms with E-state index in [-0.39, 0.29) is 23.3 Å². The Morgan fingerprint density at radius 3 is 2.68 bits per heavy atom. The summed E-state index contributed by atoms with van der Waals surface area (Å²) >= 11 is 3.01. The molecule has 0 saturated carbocycles. The van der Waals surface area contributed by atoms with Crippen LogP contribution in [0, 0.1) is 0 Å². The summed E-state index contributed by atoms with van der Waals surface area (Å²) in [6.45, 7) is 2.51. The molecule has 8 nitrogen and oxygen atoms in total. The van der Waals surface area contributed by atoms with Crippen molar-refractivity contribution in [3.63, 3.8) is 0 Å². The number of nitrogens with zero attached hydrogens (tertiary/aromatic N) is 3. The zero-order valence-electron chi connectivity index (χ0n) is 15.2. The molecular formula is C16H23ClN6O2S3. The van der Waals surface area contributed by atoms with Crippen LogP contribution in [-0.2, 0) is 22.2 Å². The van der Waals surface area contributed by atoms with Crippen LogP contribution in [0.2, 0.25) is 0 Å². The number of hydrogen-bond donors (Lipinski definition) is 3. The highest BCUT2D eigenvalue weighted by atomic mass is 35.5. The molecule has 0 bridgehead atoms. The topological polar surface area (TPSA) is 136 Å². The van der Waals surface area contributed by atoms with Crippen LogP contribution in [0.15, 0.2) is 44.5 Å². The summed E-state index contributed by atoms with van der Waals surface area (Å²) in [5.74, 6) is 1.43. The molecule has 0 unspecified atom stereocenters. The van der Waals surface area contributed by atoms with E-state index in [2.05, 4.69) is 19.7 Å². The van der Waals surface area contributed by atoms with Crippen molar-refractivity contribution in [3.05, 3.63) is 40.9 Å². The van der Waals surface area contributed by atoms with E-state index < -0.39 is 10.0 Å². The highest BCUT2D eigenvalue weighted by Crippen LogP contribution is 2.21. The van der Waals surface area contributed by atoms with E-state index >= 15 is 0 Å². The van der Waals surface area contributed by atoms with Crippen molar-refractivity contribution in [1.29, 1.82) is 0 Å². The minimum Gasteiger partial charge on any atom is -0.370 e. The van der Waals surface area contributed by atoms with Gasteiger partial charge in [0, 0.05) is 23.4 Å². The summed E-state index contributed by atoms with van der Waals surface area (Å²) in [6, 6.07) is 6.80. The number of thioether (sulfide) groups is 1. The highest BCUT2D eigenvalue weighted by molar-refractivity contribution is 7.98. The van der Waals surface area contributed by atoms with Crippen LogP contribution >= 0.6 is 35.5 Å². The van der Waals surface area contributed by atoms with Crippen LogP contribution in [0.5, 0.6) is 0 Å². The third kappa shape index (κ3) is 8.05. The number of aliphatic imine (C=N–C) groups is 2. The Morgan fingerprint density at radius 2 is 2.04 bits per heavy atom. The Kier molecular flexibility index (Phi) is 10.3. The Labute approximate surface area is 179 Å². The molecule has 0 fully saturated rings. The van der Waals surface area contributed by atoms with E-state index in [1.165, 1.54) is 17.7 Å². The normalized spacial score (nSPS) is 11.2. The van der Waals surface area contributed by atoms with Gasteiger partial charge in [0.2, 0.25) is 5.13 Å². The van der Waals surface area contributed by atoms with Crippen molar-refractivity contribution >= 4 is 63.0 Å². The maximum absolute atomic E-state index is 12.1. The quantitative estimate of drug-likeness (QED) is 0.281. The standard InChI is InChI=1S/C16H22N6O2S3.ClH/c1-2-12-3-5-14(6-4-12)27(23,24)20-11-19-7-8-25-9-13-10-26-16(21-13)22-15(17)18;/h3-6,10-11H,2,7-9H2,1H3,(H,19,20)(H4,17,18,21,22);1H. The lowest BCUT2D eigenvalue weighted by atomic mass is 10.2. The van der Waals surface area contributed by atoms with Crippen LogP contribution in [-0.4, -0.2) is 38.0 Å². The largest absolute Gasteiger partial charge is 0.370 e. The molecule has 1 heterocycles. The van der Waals surface area contributed by atoms with Gasteiger partial charge in [-0.3, -0.25) is 9.71 Å². The van der Waals surface area contributed by atoms with E-state index in [4.69, 9.17) is 11.5 Å². The third-order valence-corrected chi connectivity index (χ3v) is 6.38. The molecule has 5 N–H and O–H groups in total. The zero-order chi connectivity index (χ0) is 19.7. The molecule has 0 aliphatic rings. The van der Waals surface area contributed by atoms with Crippen molar-refractivity contribution < 1.29 is 8.42 Å². The van der Waals surface area contributed by atoms with Gasteiger partial charge in [-0.2, -0.15) is 16.8 Å². The van der Waals surface area contributed by atoms with Gasteiger partial charge in [-0.25, -0.2) is 13.4 Å². The summed E-state index contributed by atoms with van der Waals surface area (Å²) in [5.41, 5.74) is 12.6. The maximum atomic E-state index is 12.1. The zero-order valence-corrected chi connectivity index (χ0v) is 18.5. The molecule has 0 aliphatic carbocycles. The molecule has 2 aromatic rings. The fourth-order valence-electron chi connectivity index (χ4n) is 1.96. The van der Waals surface area contributed by atoms with Crippen molar-refractivity contribution in [2.75, 3.05) is 12.3 Å². The minimum atomic E-state index is -3.58. The average Bonchev–Trinajstić information content (AvgIpc) is 3.07. The van der Waals surface area contributed by atoms with Gasteiger partial charge >= 0.3 is 0 Å². The monoisotopic (exact) mass is 462 g/mol. The summed E-state index contributed by atoms with van der Waals surface area (Å²) in [7, 11) is -3.58. The second kappa shape index (κ2) is 11.9. The first-order valence-electron chi connectivity index (χ1n) is 8.12. The van der Waals surface area contributed by atoms with Gasteiger partial charge in [0.1, 0.15) is 0 Å². The molecule has 0 spiro atoms. The first kappa shape index (κ1) is 24.2. The summed E-state index contributed by atoms with van der Waals surface area (Å²) in [6.07, 6.45) is 2.09. The predicted molar refractivity (Wildman–Crippen MR) is 120 cm³/mol. The van der Waals surface area contributed by atoms with Crippen LogP contribution in [0.3, 0.4) is 0 Å². The number of aromatic nitrogens is 1. The Balaban J connectivity index is 0.00000392. The number of halogens is 1. The van der Waals surface area contributed by atoms with E-state index in [1.54, 1.807) is 36.0 Å². The van der Waals surface area contributed by atoms with Gasteiger partial charge in [0.05, 0.1) is 16.9 Å². The molecule has 1 aromatic carbocycles. The molecule has 28 heavy (non-hydrogen) atoms. The minimum absolute atomic E-state index is 0. The number of rotatable bonds is 10. The molecule has 1 aromatic heterocycles. The second-order valence-corrected chi connectivity index (χ2v) is 9.02. The maximum Gasteiger partial charge on any atom is 0.262 e. The van der Waals surface area contributed by atoms with E-state index in [0.29, 0.717) is 17.4 Å². The van der Waals surface area contributed by atoms with Gasteiger partial charge in [0.25, 0.3) is 10.0 Å². The number of aryl methyl sites for hydroxylation is 1. The van der Waals surface area contributed by atoms with Crippen LogP contribution in [0.4, 0.5) is 5.13 Å².